The Kier molecular flexibility index (Phi) is 9.37. The van der Waals surface area contributed by atoms with E-state index in [1.165, 1.54) is 6.92 Å². The molecule has 4 heterocycles. The second kappa shape index (κ2) is 13.9. The molecule has 0 aliphatic carbocycles. The van der Waals surface area contributed by atoms with Crippen molar-refractivity contribution in [3.63, 3.8) is 0 Å². The fourth-order valence-electron chi connectivity index (χ4n) is 7.08. The van der Waals surface area contributed by atoms with Crippen molar-refractivity contribution in [2.24, 2.45) is 7.05 Å². The van der Waals surface area contributed by atoms with Crippen LogP contribution < -0.4 is 10.6 Å². The number of carbonyl (C=O) groups excluding carboxylic acids is 2. The van der Waals surface area contributed by atoms with E-state index < -0.39 is 12.2 Å². The highest BCUT2D eigenvalue weighted by Gasteiger charge is 2.30. The summed E-state index contributed by atoms with van der Waals surface area (Å²) >= 11 is 6.97. The molecule has 262 valence electrons. The fourth-order valence-corrected chi connectivity index (χ4v) is 7.35. The van der Waals surface area contributed by atoms with Crippen LogP contribution in [-0.2, 0) is 31.4 Å². The van der Waals surface area contributed by atoms with Crippen LogP contribution in [0.5, 0.6) is 0 Å². The van der Waals surface area contributed by atoms with Gasteiger partial charge in [0, 0.05) is 69.9 Å². The molecule has 1 fully saturated rings. The van der Waals surface area contributed by atoms with Gasteiger partial charge >= 0.3 is 0 Å². The van der Waals surface area contributed by atoms with Crippen molar-refractivity contribution < 1.29 is 18.4 Å². The lowest BCUT2D eigenvalue weighted by Gasteiger charge is -2.35. The molecule has 2 aromatic heterocycles. The lowest BCUT2D eigenvalue weighted by Crippen LogP contribution is -2.53. The number of amides is 2. The molecular formula is C38H38ClFN8O3. The van der Waals surface area contributed by atoms with Crippen LogP contribution in [-0.4, -0.2) is 75.0 Å². The molecule has 0 unspecified atom stereocenters. The molecule has 7 rings (SSSR count). The first kappa shape index (κ1) is 34.4. The monoisotopic (exact) mass is 708 g/mol. The summed E-state index contributed by atoms with van der Waals surface area (Å²) in [5, 5.41) is 16.6. The lowest BCUT2D eigenvalue weighted by molar-refractivity contribution is -0.130. The number of nitriles is 1. The Bertz CT molecular complexity index is 2220. The Balaban J connectivity index is 1.14. The number of hydrogen-bond donors (Lipinski definition) is 2. The van der Waals surface area contributed by atoms with Crippen LogP contribution in [0.15, 0.2) is 52.9 Å². The summed E-state index contributed by atoms with van der Waals surface area (Å²) in [5.41, 5.74) is 7.46. The van der Waals surface area contributed by atoms with E-state index >= 15 is 0 Å². The molecule has 1 saturated heterocycles. The average molecular weight is 709 g/mol. The summed E-state index contributed by atoms with van der Waals surface area (Å²) in [6.45, 7) is 6.03. The predicted octanol–water partition coefficient (Wildman–Crippen LogP) is 6.02. The smallest absolute Gasteiger partial charge is 0.291 e. The van der Waals surface area contributed by atoms with Crippen LogP contribution in [0.3, 0.4) is 0 Å². The third kappa shape index (κ3) is 6.60. The van der Waals surface area contributed by atoms with Crippen molar-refractivity contribution in [2.45, 2.75) is 52.0 Å². The summed E-state index contributed by atoms with van der Waals surface area (Å²) < 4.78 is 22.8. The highest BCUT2D eigenvalue weighted by molar-refractivity contribution is 6.36. The van der Waals surface area contributed by atoms with Gasteiger partial charge in [0.05, 0.1) is 28.0 Å². The summed E-state index contributed by atoms with van der Waals surface area (Å²) in [6.07, 6.45) is 0.0287. The van der Waals surface area contributed by atoms with Crippen molar-refractivity contribution in [1.82, 2.24) is 29.7 Å². The average Bonchev–Trinajstić information content (AvgIpc) is 3.69. The van der Waals surface area contributed by atoms with Gasteiger partial charge in [-0.2, -0.15) is 5.26 Å². The summed E-state index contributed by atoms with van der Waals surface area (Å²) in [7, 11) is 3.90. The van der Waals surface area contributed by atoms with E-state index in [1.807, 2.05) is 62.0 Å². The molecule has 2 N–H and O–H groups in total. The van der Waals surface area contributed by atoms with Crippen LogP contribution >= 0.6 is 11.6 Å². The SMILES string of the molecule is CC(=O)N1CC[C@H](F)[C@H](NCc2cc(C#N)c3oc(-c4cccc(-c5cccc(NC(=O)c6nc7c(n6C)CCN(C)C7)c5Cl)c4C)nc3c2)C1. The van der Waals surface area contributed by atoms with Gasteiger partial charge in [0.25, 0.3) is 5.91 Å². The van der Waals surface area contributed by atoms with E-state index in [0.717, 1.165) is 41.0 Å². The van der Waals surface area contributed by atoms with E-state index in [9.17, 15) is 19.2 Å². The number of nitrogens with one attached hydrogen (secondary N) is 2. The molecule has 2 amide bonds. The highest BCUT2D eigenvalue weighted by Crippen LogP contribution is 2.39. The number of alkyl halides is 1. The number of rotatable bonds is 7. The molecule has 5 aromatic rings. The van der Waals surface area contributed by atoms with Crippen LogP contribution in [0.4, 0.5) is 10.1 Å². The zero-order chi connectivity index (χ0) is 36.0. The molecule has 51 heavy (non-hydrogen) atoms. The topological polar surface area (TPSA) is 132 Å². The molecule has 2 aliphatic heterocycles. The van der Waals surface area contributed by atoms with E-state index in [-0.39, 0.29) is 24.8 Å². The van der Waals surface area contributed by atoms with Gasteiger partial charge in [0.2, 0.25) is 11.8 Å². The molecule has 11 nitrogen and oxygen atoms in total. The molecule has 0 spiro atoms. The predicted molar refractivity (Wildman–Crippen MR) is 193 cm³/mol. The molecule has 2 aliphatic rings. The maximum atomic E-state index is 14.7. The Labute approximate surface area is 300 Å². The van der Waals surface area contributed by atoms with E-state index in [4.69, 9.17) is 21.0 Å². The number of likely N-dealkylation sites (tertiary alicyclic amines) is 1. The third-order valence-corrected chi connectivity index (χ3v) is 10.4. The Morgan fingerprint density at radius 2 is 1.86 bits per heavy atom. The van der Waals surface area contributed by atoms with Gasteiger partial charge in [-0.25, -0.2) is 14.4 Å². The molecule has 0 saturated carbocycles. The van der Waals surface area contributed by atoms with Crippen molar-refractivity contribution in [3.8, 4) is 28.7 Å². The van der Waals surface area contributed by atoms with Crippen LogP contribution in [0.2, 0.25) is 5.02 Å². The maximum Gasteiger partial charge on any atom is 0.291 e. The van der Waals surface area contributed by atoms with Crippen molar-refractivity contribution in [2.75, 3.05) is 32.0 Å². The first-order valence-corrected chi connectivity index (χ1v) is 17.3. The fraction of sp³-hybridized carbons (Fsp3) is 0.342. The highest BCUT2D eigenvalue weighted by atomic mass is 35.5. The Morgan fingerprint density at radius 1 is 1.10 bits per heavy atom. The van der Waals surface area contributed by atoms with Gasteiger partial charge in [-0.05, 0) is 61.3 Å². The number of oxazole rings is 1. The van der Waals surface area contributed by atoms with Gasteiger partial charge in [-0.15, -0.1) is 0 Å². The van der Waals surface area contributed by atoms with Gasteiger partial charge in [0.15, 0.2) is 11.4 Å². The summed E-state index contributed by atoms with van der Waals surface area (Å²) in [5.74, 6) is 0.255. The second-order valence-corrected chi connectivity index (χ2v) is 13.7. The van der Waals surface area contributed by atoms with Crippen LogP contribution in [0.1, 0.15) is 52.0 Å². The molecule has 3 aromatic carbocycles. The normalized spacial score (nSPS) is 17.7. The number of carbonyl (C=O) groups is 2. The minimum absolute atomic E-state index is 0.0788. The molecule has 0 radical (unpaired) electrons. The Hall–Kier alpha value is -5.09. The molecular weight excluding hydrogens is 671 g/mol. The van der Waals surface area contributed by atoms with Crippen LogP contribution in [0, 0.1) is 18.3 Å². The first-order valence-electron chi connectivity index (χ1n) is 16.9. The van der Waals surface area contributed by atoms with Gasteiger partial charge in [0.1, 0.15) is 17.8 Å². The number of piperidine rings is 1. The number of anilines is 1. The number of imidazole rings is 1. The lowest BCUT2D eigenvalue weighted by atomic mass is 9.96. The second-order valence-electron chi connectivity index (χ2n) is 13.4. The minimum Gasteiger partial charge on any atom is -0.435 e. The standard InChI is InChI=1S/C38H38ClFN8O3/c1-21-25(27-9-6-10-29(34(27)39)44-37(50)36-43-32-19-46(3)13-12-33(32)47(36)4)7-5-8-26(21)38-45-30-16-23(15-24(17-41)35(30)51-38)18-42-31-20-48(22(2)49)14-11-28(31)40/h5-10,15-16,28,31,42H,11-14,18-20H2,1-4H3,(H,44,50)/t28-,31+/m0/s1. The van der Waals surface area contributed by atoms with Crippen molar-refractivity contribution in [3.05, 3.63) is 87.5 Å². The molecule has 0 bridgehead atoms. The van der Waals surface area contributed by atoms with Gasteiger partial charge in [-0.1, -0.05) is 35.9 Å². The van der Waals surface area contributed by atoms with Gasteiger partial charge < -0.3 is 29.4 Å². The zero-order valence-electron chi connectivity index (χ0n) is 28.9. The third-order valence-electron chi connectivity index (χ3n) is 9.96. The van der Waals surface area contributed by atoms with E-state index in [0.29, 0.717) is 69.8 Å². The number of fused-ring (bicyclic) bond motifs is 2. The van der Waals surface area contributed by atoms with Gasteiger partial charge in [-0.3, -0.25) is 9.59 Å². The number of nitrogens with zero attached hydrogens (tertiary/aromatic N) is 6. The summed E-state index contributed by atoms with van der Waals surface area (Å²) in [4.78, 5) is 38.5. The summed E-state index contributed by atoms with van der Waals surface area (Å²) in [6, 6.07) is 16.4. The van der Waals surface area contributed by atoms with Crippen molar-refractivity contribution in [1.29, 1.82) is 5.26 Å². The van der Waals surface area contributed by atoms with Crippen LogP contribution in [0.25, 0.3) is 33.7 Å². The number of benzene rings is 3. The van der Waals surface area contributed by atoms with E-state index in [1.54, 1.807) is 17.0 Å². The maximum absolute atomic E-state index is 14.7. The minimum atomic E-state index is -1.08. The number of aromatic nitrogens is 3. The number of halogens is 2. The Morgan fingerprint density at radius 3 is 2.65 bits per heavy atom. The largest absolute Gasteiger partial charge is 0.435 e. The van der Waals surface area contributed by atoms with Crippen molar-refractivity contribution >= 4 is 40.2 Å². The molecule has 13 heteroatoms. The number of hydrogen-bond acceptors (Lipinski definition) is 8. The molecule has 2 atom stereocenters. The van der Waals surface area contributed by atoms with E-state index in [2.05, 4.69) is 26.6 Å². The first-order chi connectivity index (χ1) is 24.5. The zero-order valence-corrected chi connectivity index (χ0v) is 29.6. The quantitative estimate of drug-likeness (QED) is 0.210. The number of likely N-dealkylation sites (N-methyl/N-ethyl adjacent to an activating group) is 1.